The van der Waals surface area contributed by atoms with Crippen LogP contribution < -0.4 is 15.2 Å². The Balaban J connectivity index is 1.83. The van der Waals surface area contributed by atoms with Crippen LogP contribution in [0.5, 0.6) is 11.5 Å². The molecule has 1 aromatic carbocycles. The summed E-state index contributed by atoms with van der Waals surface area (Å²) in [6.07, 6.45) is 3.92. The molecular formula is C16H20N2O3. The van der Waals surface area contributed by atoms with Gasteiger partial charge in [-0.2, -0.15) is 0 Å². The first-order chi connectivity index (χ1) is 10.2. The standard InChI is InChI=1S/C16H20N2O3/c1-20-14-5-4-11-7-12(10-21-15(11)8-14)16(19)18-6-2-3-13(18)9-17/h4-5,7-8,13H,2-3,6,9-10,17H2,1H3. The molecular weight excluding hydrogens is 268 g/mol. The van der Waals surface area contributed by atoms with Gasteiger partial charge in [0.25, 0.3) is 5.91 Å². The van der Waals surface area contributed by atoms with E-state index in [1.807, 2.05) is 29.2 Å². The van der Waals surface area contributed by atoms with Gasteiger partial charge in [0.15, 0.2) is 0 Å². The Bertz CT molecular complexity index is 583. The number of benzene rings is 1. The number of ether oxygens (including phenoxy) is 2. The third-order valence-electron chi connectivity index (χ3n) is 4.12. The molecule has 0 radical (unpaired) electrons. The fourth-order valence-corrected chi connectivity index (χ4v) is 2.93. The Morgan fingerprint density at radius 3 is 3.14 bits per heavy atom. The van der Waals surface area contributed by atoms with Crippen molar-refractivity contribution in [3.63, 3.8) is 0 Å². The van der Waals surface area contributed by atoms with Gasteiger partial charge in [-0.15, -0.1) is 0 Å². The van der Waals surface area contributed by atoms with Gasteiger partial charge in [0, 0.05) is 30.8 Å². The molecule has 5 nitrogen and oxygen atoms in total. The van der Waals surface area contributed by atoms with E-state index in [0.29, 0.717) is 18.7 Å². The number of carbonyl (C=O) groups is 1. The number of hydrogen-bond acceptors (Lipinski definition) is 4. The van der Waals surface area contributed by atoms with Crippen LogP contribution in [0.3, 0.4) is 0 Å². The zero-order chi connectivity index (χ0) is 14.8. The summed E-state index contributed by atoms with van der Waals surface area (Å²) in [7, 11) is 1.62. The molecule has 0 aliphatic carbocycles. The second-order valence-corrected chi connectivity index (χ2v) is 5.39. The van der Waals surface area contributed by atoms with Crippen molar-refractivity contribution in [1.82, 2.24) is 4.90 Å². The largest absolute Gasteiger partial charge is 0.497 e. The highest BCUT2D eigenvalue weighted by molar-refractivity contribution is 5.99. The number of likely N-dealkylation sites (tertiary alicyclic amines) is 1. The normalized spacial score (nSPS) is 20.6. The summed E-state index contributed by atoms with van der Waals surface area (Å²) in [5.41, 5.74) is 7.34. The number of nitrogens with zero attached hydrogens (tertiary/aromatic N) is 1. The Hall–Kier alpha value is -2.01. The summed E-state index contributed by atoms with van der Waals surface area (Å²) in [5, 5.41) is 0. The van der Waals surface area contributed by atoms with E-state index in [9.17, 15) is 4.79 Å². The molecule has 1 saturated heterocycles. The minimum atomic E-state index is 0.0458. The van der Waals surface area contributed by atoms with Gasteiger partial charge in [-0.3, -0.25) is 4.79 Å². The molecule has 2 aliphatic rings. The monoisotopic (exact) mass is 288 g/mol. The lowest BCUT2D eigenvalue weighted by Crippen LogP contribution is -2.41. The van der Waals surface area contributed by atoms with Gasteiger partial charge < -0.3 is 20.1 Å². The average molecular weight is 288 g/mol. The second-order valence-electron chi connectivity index (χ2n) is 5.39. The molecule has 112 valence electrons. The predicted octanol–water partition coefficient (Wildman–Crippen LogP) is 1.42. The molecule has 0 spiro atoms. The summed E-state index contributed by atoms with van der Waals surface area (Å²) < 4.78 is 10.9. The molecule has 1 amide bonds. The molecule has 2 heterocycles. The van der Waals surface area contributed by atoms with Gasteiger partial charge in [0.1, 0.15) is 18.1 Å². The molecule has 5 heteroatoms. The average Bonchev–Trinajstić information content (AvgIpc) is 3.01. The van der Waals surface area contributed by atoms with E-state index in [1.165, 1.54) is 0 Å². The van der Waals surface area contributed by atoms with Crippen LogP contribution >= 0.6 is 0 Å². The molecule has 1 aromatic rings. The van der Waals surface area contributed by atoms with Crippen LogP contribution in [0.4, 0.5) is 0 Å². The molecule has 2 N–H and O–H groups in total. The van der Waals surface area contributed by atoms with Crippen LogP contribution in [-0.2, 0) is 4.79 Å². The molecule has 1 atom stereocenters. The zero-order valence-electron chi connectivity index (χ0n) is 12.2. The van der Waals surface area contributed by atoms with E-state index < -0.39 is 0 Å². The van der Waals surface area contributed by atoms with Gasteiger partial charge in [-0.25, -0.2) is 0 Å². The summed E-state index contributed by atoms with van der Waals surface area (Å²) >= 11 is 0. The van der Waals surface area contributed by atoms with Crippen LogP contribution in [0.15, 0.2) is 23.8 Å². The molecule has 1 fully saturated rings. The van der Waals surface area contributed by atoms with E-state index >= 15 is 0 Å². The maximum absolute atomic E-state index is 12.6. The lowest BCUT2D eigenvalue weighted by Gasteiger charge is -2.26. The molecule has 1 unspecified atom stereocenters. The van der Waals surface area contributed by atoms with Gasteiger partial charge in [-0.05, 0) is 31.1 Å². The number of methoxy groups -OCH3 is 1. The van der Waals surface area contributed by atoms with Crippen molar-refractivity contribution in [1.29, 1.82) is 0 Å². The summed E-state index contributed by atoms with van der Waals surface area (Å²) in [4.78, 5) is 14.5. The van der Waals surface area contributed by atoms with E-state index in [4.69, 9.17) is 15.2 Å². The minimum absolute atomic E-state index is 0.0458. The lowest BCUT2D eigenvalue weighted by molar-refractivity contribution is -0.128. The fourth-order valence-electron chi connectivity index (χ4n) is 2.93. The smallest absolute Gasteiger partial charge is 0.253 e. The van der Waals surface area contributed by atoms with Crippen LogP contribution in [0.1, 0.15) is 18.4 Å². The molecule has 2 aliphatic heterocycles. The molecule has 0 aromatic heterocycles. The van der Waals surface area contributed by atoms with Crippen molar-refractivity contribution in [2.45, 2.75) is 18.9 Å². The number of rotatable bonds is 3. The highest BCUT2D eigenvalue weighted by atomic mass is 16.5. The third-order valence-corrected chi connectivity index (χ3v) is 4.12. The molecule has 0 bridgehead atoms. The van der Waals surface area contributed by atoms with Crippen LogP contribution in [0.25, 0.3) is 6.08 Å². The van der Waals surface area contributed by atoms with Gasteiger partial charge in [0.2, 0.25) is 0 Å². The van der Waals surface area contributed by atoms with E-state index in [-0.39, 0.29) is 11.9 Å². The van der Waals surface area contributed by atoms with E-state index in [2.05, 4.69) is 0 Å². The maximum Gasteiger partial charge on any atom is 0.253 e. The van der Waals surface area contributed by atoms with Gasteiger partial charge >= 0.3 is 0 Å². The Morgan fingerprint density at radius 1 is 1.52 bits per heavy atom. The van der Waals surface area contributed by atoms with E-state index in [1.54, 1.807) is 7.11 Å². The van der Waals surface area contributed by atoms with Crippen LogP contribution in [0, 0.1) is 0 Å². The Morgan fingerprint density at radius 2 is 2.38 bits per heavy atom. The lowest BCUT2D eigenvalue weighted by atomic mass is 10.1. The molecule has 0 saturated carbocycles. The van der Waals surface area contributed by atoms with E-state index in [0.717, 1.165) is 36.4 Å². The van der Waals surface area contributed by atoms with Crippen molar-refractivity contribution in [2.24, 2.45) is 5.73 Å². The van der Waals surface area contributed by atoms with Crippen molar-refractivity contribution < 1.29 is 14.3 Å². The number of hydrogen-bond donors (Lipinski definition) is 1. The number of fused-ring (bicyclic) bond motifs is 1. The van der Waals surface area contributed by atoms with Crippen LogP contribution in [-0.4, -0.2) is 43.7 Å². The first-order valence-electron chi connectivity index (χ1n) is 7.25. The first kappa shape index (κ1) is 13.9. The Kier molecular flexibility index (Phi) is 3.84. The topological polar surface area (TPSA) is 64.8 Å². The minimum Gasteiger partial charge on any atom is -0.497 e. The number of carbonyl (C=O) groups excluding carboxylic acids is 1. The van der Waals surface area contributed by atoms with Gasteiger partial charge in [0.05, 0.1) is 12.7 Å². The van der Waals surface area contributed by atoms with Gasteiger partial charge in [-0.1, -0.05) is 0 Å². The quantitative estimate of drug-likeness (QED) is 0.913. The van der Waals surface area contributed by atoms with Crippen molar-refractivity contribution >= 4 is 12.0 Å². The second kappa shape index (κ2) is 5.77. The summed E-state index contributed by atoms with van der Waals surface area (Å²) in [5.74, 6) is 1.55. The predicted molar refractivity (Wildman–Crippen MR) is 80.3 cm³/mol. The van der Waals surface area contributed by atoms with Crippen molar-refractivity contribution in [3.8, 4) is 11.5 Å². The highest BCUT2D eigenvalue weighted by Gasteiger charge is 2.30. The number of amides is 1. The summed E-state index contributed by atoms with van der Waals surface area (Å²) in [6.45, 7) is 1.61. The van der Waals surface area contributed by atoms with Crippen molar-refractivity contribution in [2.75, 3.05) is 26.8 Å². The number of nitrogens with two attached hydrogens (primary N) is 1. The first-order valence-corrected chi connectivity index (χ1v) is 7.25. The fraction of sp³-hybridized carbons (Fsp3) is 0.438. The molecule has 3 rings (SSSR count). The third kappa shape index (κ3) is 2.61. The zero-order valence-corrected chi connectivity index (χ0v) is 12.2. The Labute approximate surface area is 124 Å². The SMILES string of the molecule is COc1ccc2c(c1)OCC(C(=O)N1CCCC1CN)=C2. The summed E-state index contributed by atoms with van der Waals surface area (Å²) in [6, 6.07) is 5.78. The molecule has 21 heavy (non-hydrogen) atoms. The highest BCUT2D eigenvalue weighted by Crippen LogP contribution is 2.31. The van der Waals surface area contributed by atoms with Crippen LogP contribution in [0.2, 0.25) is 0 Å². The maximum atomic E-state index is 12.6. The van der Waals surface area contributed by atoms with Crippen molar-refractivity contribution in [3.05, 3.63) is 29.3 Å².